The molecule has 0 aliphatic heterocycles. The van der Waals surface area contributed by atoms with Crippen LogP contribution in [-0.2, 0) is 6.61 Å². The first-order valence-corrected chi connectivity index (χ1v) is 6.70. The molecule has 0 heterocycles. The number of nitrogens with zero attached hydrogens (tertiary/aromatic N) is 1. The van der Waals surface area contributed by atoms with Crippen LogP contribution in [0.2, 0.25) is 0 Å². The van der Waals surface area contributed by atoms with E-state index in [1.165, 1.54) is 0 Å². The lowest BCUT2D eigenvalue weighted by molar-refractivity contribution is 0.265. The zero-order valence-electron chi connectivity index (χ0n) is 12.1. The van der Waals surface area contributed by atoms with E-state index in [2.05, 4.69) is 6.07 Å². The van der Waals surface area contributed by atoms with Gasteiger partial charge in [-0.2, -0.15) is 5.26 Å². The van der Waals surface area contributed by atoms with Crippen molar-refractivity contribution in [1.82, 2.24) is 0 Å². The highest BCUT2D eigenvalue weighted by Gasteiger charge is 2.08. The van der Waals surface area contributed by atoms with E-state index in [9.17, 15) is 0 Å². The molecule has 0 aliphatic rings. The van der Waals surface area contributed by atoms with Gasteiger partial charge in [0.1, 0.15) is 12.4 Å². The van der Waals surface area contributed by atoms with Crippen molar-refractivity contribution in [3.8, 4) is 23.3 Å². The minimum Gasteiger partial charge on any atom is -0.496 e. The molecule has 21 heavy (non-hydrogen) atoms. The van der Waals surface area contributed by atoms with Crippen LogP contribution in [0.25, 0.3) is 0 Å². The van der Waals surface area contributed by atoms with Gasteiger partial charge in [0.2, 0.25) is 0 Å². The van der Waals surface area contributed by atoms with E-state index in [0.717, 1.165) is 5.56 Å². The lowest BCUT2D eigenvalue weighted by Gasteiger charge is -2.13. The van der Waals surface area contributed by atoms with Gasteiger partial charge in [-0.25, -0.2) is 0 Å². The molecule has 4 heteroatoms. The fraction of sp³-hybridized carbons (Fsp3) is 0.235. The molecule has 0 spiro atoms. The fourth-order valence-corrected chi connectivity index (χ4v) is 1.96. The summed E-state index contributed by atoms with van der Waals surface area (Å²) < 4.78 is 16.6. The van der Waals surface area contributed by atoms with E-state index in [1.807, 2.05) is 31.2 Å². The van der Waals surface area contributed by atoms with Gasteiger partial charge in [-0.05, 0) is 37.3 Å². The van der Waals surface area contributed by atoms with Crippen molar-refractivity contribution in [2.24, 2.45) is 0 Å². The summed E-state index contributed by atoms with van der Waals surface area (Å²) in [6.45, 7) is 2.81. The zero-order valence-corrected chi connectivity index (χ0v) is 12.1. The molecule has 0 aliphatic carbocycles. The SMILES string of the molecule is CCOc1ccccc1OCc1cc(C#N)ccc1OC. The number of benzene rings is 2. The Morgan fingerprint density at radius 2 is 1.71 bits per heavy atom. The Kier molecular flexibility index (Phi) is 5.05. The molecular formula is C17H17NO3. The van der Waals surface area contributed by atoms with Crippen LogP contribution in [0.1, 0.15) is 18.1 Å². The van der Waals surface area contributed by atoms with Crippen LogP contribution in [0, 0.1) is 11.3 Å². The van der Waals surface area contributed by atoms with Crippen LogP contribution >= 0.6 is 0 Å². The number of nitriles is 1. The Balaban J connectivity index is 2.18. The third kappa shape index (κ3) is 3.67. The first-order valence-electron chi connectivity index (χ1n) is 6.70. The minimum absolute atomic E-state index is 0.308. The summed E-state index contributed by atoms with van der Waals surface area (Å²) in [6.07, 6.45) is 0. The highest BCUT2D eigenvalue weighted by Crippen LogP contribution is 2.28. The van der Waals surface area contributed by atoms with E-state index >= 15 is 0 Å². The zero-order chi connectivity index (χ0) is 15.1. The van der Waals surface area contributed by atoms with Crippen LogP contribution in [0.4, 0.5) is 0 Å². The van der Waals surface area contributed by atoms with Gasteiger partial charge in [-0.1, -0.05) is 12.1 Å². The second kappa shape index (κ2) is 7.20. The lowest BCUT2D eigenvalue weighted by Crippen LogP contribution is -2.01. The summed E-state index contributed by atoms with van der Waals surface area (Å²) in [5, 5.41) is 8.97. The standard InChI is InChI=1S/C17H17NO3/c1-3-20-16-6-4-5-7-17(16)21-12-14-10-13(11-18)8-9-15(14)19-2/h4-10H,3,12H2,1-2H3. The highest BCUT2D eigenvalue weighted by molar-refractivity contribution is 5.43. The Hall–Kier alpha value is -2.67. The molecule has 2 aromatic rings. The van der Waals surface area contributed by atoms with Crippen LogP contribution in [-0.4, -0.2) is 13.7 Å². The maximum Gasteiger partial charge on any atom is 0.161 e. The van der Waals surface area contributed by atoms with Crippen molar-refractivity contribution in [1.29, 1.82) is 5.26 Å². The van der Waals surface area contributed by atoms with Gasteiger partial charge >= 0.3 is 0 Å². The summed E-state index contributed by atoms with van der Waals surface area (Å²) >= 11 is 0. The Morgan fingerprint density at radius 3 is 2.33 bits per heavy atom. The second-order valence-corrected chi connectivity index (χ2v) is 4.31. The molecule has 0 saturated carbocycles. The number of para-hydroxylation sites is 2. The molecule has 2 rings (SSSR count). The number of ether oxygens (including phenoxy) is 3. The predicted octanol–water partition coefficient (Wildman–Crippen LogP) is 3.54. The molecule has 0 unspecified atom stereocenters. The molecular weight excluding hydrogens is 266 g/mol. The molecule has 4 nitrogen and oxygen atoms in total. The molecule has 0 saturated heterocycles. The van der Waals surface area contributed by atoms with E-state index < -0.39 is 0 Å². The minimum atomic E-state index is 0.308. The quantitative estimate of drug-likeness (QED) is 0.813. The monoisotopic (exact) mass is 283 g/mol. The van der Waals surface area contributed by atoms with Crippen molar-refractivity contribution in [3.05, 3.63) is 53.6 Å². The van der Waals surface area contributed by atoms with Crippen LogP contribution in [0.15, 0.2) is 42.5 Å². The molecule has 0 fully saturated rings. The van der Waals surface area contributed by atoms with Crippen molar-refractivity contribution in [3.63, 3.8) is 0 Å². The Morgan fingerprint density at radius 1 is 1.00 bits per heavy atom. The van der Waals surface area contributed by atoms with Gasteiger partial charge in [-0.3, -0.25) is 0 Å². The molecule has 0 bridgehead atoms. The maximum atomic E-state index is 8.97. The third-order valence-electron chi connectivity index (χ3n) is 2.94. The number of rotatable bonds is 6. The van der Waals surface area contributed by atoms with E-state index in [1.54, 1.807) is 25.3 Å². The van der Waals surface area contributed by atoms with Gasteiger partial charge in [0.25, 0.3) is 0 Å². The third-order valence-corrected chi connectivity index (χ3v) is 2.94. The Labute approximate surface area is 124 Å². The van der Waals surface area contributed by atoms with Crippen LogP contribution in [0.3, 0.4) is 0 Å². The normalized spacial score (nSPS) is 9.76. The van der Waals surface area contributed by atoms with Gasteiger partial charge in [0.05, 0.1) is 25.3 Å². The first kappa shape index (κ1) is 14.7. The summed E-state index contributed by atoms with van der Waals surface area (Å²) in [7, 11) is 1.60. The first-order chi connectivity index (χ1) is 10.3. The topological polar surface area (TPSA) is 51.5 Å². The molecule has 0 N–H and O–H groups in total. The van der Waals surface area contributed by atoms with Crippen molar-refractivity contribution < 1.29 is 14.2 Å². The van der Waals surface area contributed by atoms with Gasteiger partial charge in [0.15, 0.2) is 11.5 Å². The van der Waals surface area contributed by atoms with E-state index in [-0.39, 0.29) is 0 Å². The van der Waals surface area contributed by atoms with Crippen LogP contribution in [0.5, 0.6) is 17.2 Å². The van der Waals surface area contributed by atoms with Crippen molar-refractivity contribution >= 4 is 0 Å². The van der Waals surface area contributed by atoms with Gasteiger partial charge in [-0.15, -0.1) is 0 Å². The second-order valence-electron chi connectivity index (χ2n) is 4.31. The Bertz CT molecular complexity index is 647. The predicted molar refractivity (Wildman–Crippen MR) is 79.7 cm³/mol. The molecule has 0 radical (unpaired) electrons. The molecule has 2 aromatic carbocycles. The van der Waals surface area contributed by atoms with E-state index in [0.29, 0.717) is 36.0 Å². The molecule has 0 atom stereocenters. The molecule has 0 amide bonds. The van der Waals surface area contributed by atoms with Gasteiger partial charge in [0, 0.05) is 5.56 Å². The van der Waals surface area contributed by atoms with Crippen LogP contribution < -0.4 is 14.2 Å². The average Bonchev–Trinajstić information content (AvgIpc) is 2.54. The molecule has 108 valence electrons. The van der Waals surface area contributed by atoms with Crippen molar-refractivity contribution in [2.75, 3.05) is 13.7 Å². The van der Waals surface area contributed by atoms with E-state index in [4.69, 9.17) is 19.5 Å². The summed E-state index contributed by atoms with van der Waals surface area (Å²) in [5.41, 5.74) is 1.40. The summed E-state index contributed by atoms with van der Waals surface area (Å²) in [4.78, 5) is 0. The number of methoxy groups -OCH3 is 1. The number of hydrogen-bond acceptors (Lipinski definition) is 4. The smallest absolute Gasteiger partial charge is 0.161 e. The van der Waals surface area contributed by atoms with Crippen molar-refractivity contribution in [2.45, 2.75) is 13.5 Å². The molecule has 0 aromatic heterocycles. The lowest BCUT2D eigenvalue weighted by atomic mass is 10.1. The summed E-state index contributed by atoms with van der Waals surface area (Å²) in [5.74, 6) is 2.07. The fourth-order valence-electron chi connectivity index (χ4n) is 1.96. The number of hydrogen-bond donors (Lipinski definition) is 0. The highest BCUT2D eigenvalue weighted by atomic mass is 16.5. The van der Waals surface area contributed by atoms with Gasteiger partial charge < -0.3 is 14.2 Å². The maximum absolute atomic E-state index is 8.97. The summed E-state index contributed by atoms with van der Waals surface area (Å²) in [6, 6.07) is 14.9. The average molecular weight is 283 g/mol. The largest absolute Gasteiger partial charge is 0.496 e.